The van der Waals surface area contributed by atoms with Crippen LogP contribution in [0.5, 0.6) is 0 Å². The van der Waals surface area contributed by atoms with Crippen LogP contribution < -0.4 is 0 Å². The van der Waals surface area contributed by atoms with Gasteiger partial charge in [0, 0.05) is 12.1 Å². The van der Waals surface area contributed by atoms with Crippen LogP contribution in [0.2, 0.25) is 0 Å². The van der Waals surface area contributed by atoms with Crippen molar-refractivity contribution >= 4 is 11.3 Å². The molecule has 0 heterocycles. The third-order valence-electron chi connectivity index (χ3n) is 1.71. The number of rotatable bonds is 4. The van der Waals surface area contributed by atoms with Crippen molar-refractivity contribution < 1.29 is 8.76 Å². The van der Waals surface area contributed by atoms with Crippen molar-refractivity contribution in [3.8, 4) is 0 Å². The molecule has 2 atom stereocenters. The maximum absolute atomic E-state index is 10.8. The Morgan fingerprint density at radius 3 is 2.00 bits per heavy atom. The van der Waals surface area contributed by atoms with Crippen molar-refractivity contribution in [2.45, 2.75) is 46.2 Å². The molecule has 0 aromatic rings. The highest BCUT2D eigenvalue weighted by Gasteiger charge is 2.20. The lowest BCUT2D eigenvalue weighted by Crippen LogP contribution is -2.39. The van der Waals surface area contributed by atoms with Crippen LogP contribution in [0.25, 0.3) is 0 Å². The van der Waals surface area contributed by atoms with Crippen molar-refractivity contribution in [1.29, 1.82) is 0 Å². The summed E-state index contributed by atoms with van der Waals surface area (Å²) in [7, 11) is 0. The molecule has 0 spiro atoms. The van der Waals surface area contributed by atoms with E-state index in [2.05, 4.69) is 0 Å². The zero-order valence-corrected chi connectivity index (χ0v) is 8.39. The van der Waals surface area contributed by atoms with E-state index in [1.165, 1.54) is 0 Å². The second kappa shape index (κ2) is 4.85. The third-order valence-corrected chi connectivity index (χ3v) is 2.86. The number of nitrogens with zero attached hydrogens (tertiary/aromatic N) is 1. The largest absolute Gasteiger partial charge is 0.294 e. The molecule has 0 aliphatic rings. The van der Waals surface area contributed by atoms with Crippen LogP contribution in [0.1, 0.15) is 34.1 Å². The Morgan fingerprint density at radius 1 is 1.45 bits per heavy atom. The predicted octanol–water partition coefficient (Wildman–Crippen LogP) is 1.63. The van der Waals surface area contributed by atoms with E-state index >= 15 is 0 Å². The van der Waals surface area contributed by atoms with Gasteiger partial charge in [-0.1, -0.05) is 6.92 Å². The minimum atomic E-state index is -1.83. The molecule has 0 aliphatic carbocycles. The van der Waals surface area contributed by atoms with E-state index in [0.29, 0.717) is 0 Å². The van der Waals surface area contributed by atoms with Crippen molar-refractivity contribution in [2.24, 2.45) is 0 Å². The summed E-state index contributed by atoms with van der Waals surface area (Å²) in [5, 5.41) is 0. The van der Waals surface area contributed by atoms with Gasteiger partial charge < -0.3 is 0 Å². The Bertz CT molecular complexity index is 138. The summed E-state index contributed by atoms with van der Waals surface area (Å²) in [6, 6.07) is 0.289. The maximum atomic E-state index is 10.8. The zero-order chi connectivity index (χ0) is 9.02. The average Bonchev–Trinajstić information content (AvgIpc) is 1.85. The van der Waals surface area contributed by atoms with Crippen LogP contribution in [0, 0.1) is 0 Å². The Labute approximate surface area is 71.2 Å². The van der Waals surface area contributed by atoms with Gasteiger partial charge in [0.2, 0.25) is 11.3 Å². The van der Waals surface area contributed by atoms with E-state index < -0.39 is 11.3 Å². The molecule has 3 nitrogen and oxygen atoms in total. The van der Waals surface area contributed by atoms with Gasteiger partial charge in [0.15, 0.2) is 0 Å². The average molecular weight is 179 g/mol. The van der Waals surface area contributed by atoms with E-state index in [1.807, 2.05) is 27.7 Å². The lowest BCUT2D eigenvalue weighted by Gasteiger charge is -2.27. The van der Waals surface area contributed by atoms with Gasteiger partial charge in [-0.05, 0) is 27.2 Å². The summed E-state index contributed by atoms with van der Waals surface area (Å²) < 4.78 is 21.2. The van der Waals surface area contributed by atoms with Gasteiger partial charge >= 0.3 is 0 Å². The Balaban J connectivity index is 4.21. The molecule has 0 aliphatic heterocycles. The summed E-state index contributed by atoms with van der Waals surface area (Å²) in [6.45, 7) is 7.79. The van der Waals surface area contributed by atoms with E-state index in [9.17, 15) is 4.21 Å². The standard InChI is InChI=1S/C7H17NO2S/c1-5-7(4)8(6(2)3)11(9)10/h6-7H,5H2,1-4H3,(H,9,10). The highest BCUT2D eigenvalue weighted by molar-refractivity contribution is 7.76. The molecule has 0 amide bonds. The van der Waals surface area contributed by atoms with Crippen LogP contribution in [-0.2, 0) is 11.3 Å². The smallest absolute Gasteiger partial charge is 0.234 e. The van der Waals surface area contributed by atoms with Crippen LogP contribution in [-0.4, -0.2) is 25.2 Å². The van der Waals surface area contributed by atoms with E-state index in [0.717, 1.165) is 6.42 Å². The van der Waals surface area contributed by atoms with Crippen molar-refractivity contribution in [3.05, 3.63) is 0 Å². The first-order valence-corrected chi connectivity index (χ1v) is 4.96. The quantitative estimate of drug-likeness (QED) is 0.666. The molecule has 1 N–H and O–H groups in total. The molecule has 0 saturated carbocycles. The summed E-state index contributed by atoms with van der Waals surface area (Å²) in [5.41, 5.74) is 0. The van der Waals surface area contributed by atoms with Gasteiger partial charge in [-0.3, -0.25) is 4.55 Å². The van der Waals surface area contributed by atoms with Crippen LogP contribution in [0.4, 0.5) is 0 Å². The predicted molar refractivity (Wildman–Crippen MR) is 47.5 cm³/mol. The van der Waals surface area contributed by atoms with Crippen molar-refractivity contribution in [1.82, 2.24) is 4.31 Å². The molecular formula is C7H17NO2S. The molecule has 11 heavy (non-hydrogen) atoms. The minimum absolute atomic E-state index is 0.121. The van der Waals surface area contributed by atoms with E-state index in [1.54, 1.807) is 4.31 Å². The van der Waals surface area contributed by atoms with Gasteiger partial charge in [0.05, 0.1) is 0 Å². The van der Waals surface area contributed by atoms with Gasteiger partial charge in [0.25, 0.3) is 0 Å². The fourth-order valence-electron chi connectivity index (χ4n) is 1.02. The number of hydrogen-bond acceptors (Lipinski definition) is 1. The highest BCUT2D eigenvalue weighted by atomic mass is 32.2. The van der Waals surface area contributed by atoms with Gasteiger partial charge in [-0.15, -0.1) is 0 Å². The first-order chi connectivity index (χ1) is 5.00. The molecule has 0 aromatic carbocycles. The molecule has 0 bridgehead atoms. The second-order valence-corrected chi connectivity index (χ2v) is 3.82. The highest BCUT2D eigenvalue weighted by Crippen LogP contribution is 2.09. The molecule has 0 radical (unpaired) electrons. The van der Waals surface area contributed by atoms with Crippen LogP contribution >= 0.6 is 0 Å². The second-order valence-electron chi connectivity index (χ2n) is 2.94. The molecule has 0 fully saturated rings. The third kappa shape index (κ3) is 3.31. The van der Waals surface area contributed by atoms with Crippen LogP contribution in [0.3, 0.4) is 0 Å². The molecule has 4 heteroatoms. The minimum Gasteiger partial charge on any atom is -0.294 e. The number of hydrogen-bond donors (Lipinski definition) is 1. The molecular weight excluding hydrogens is 162 g/mol. The fraction of sp³-hybridized carbons (Fsp3) is 1.00. The van der Waals surface area contributed by atoms with Gasteiger partial charge in [0.1, 0.15) is 0 Å². The van der Waals surface area contributed by atoms with Gasteiger partial charge in [-0.25, -0.2) is 4.21 Å². The Morgan fingerprint density at radius 2 is 1.91 bits per heavy atom. The molecule has 0 aromatic heterocycles. The monoisotopic (exact) mass is 179 g/mol. The summed E-state index contributed by atoms with van der Waals surface area (Å²) in [5.74, 6) is 0. The molecule has 0 saturated heterocycles. The van der Waals surface area contributed by atoms with Crippen molar-refractivity contribution in [3.63, 3.8) is 0 Å². The fourth-order valence-corrected chi connectivity index (χ4v) is 1.84. The van der Waals surface area contributed by atoms with Crippen LogP contribution in [0.15, 0.2) is 0 Å². The summed E-state index contributed by atoms with van der Waals surface area (Å²) in [6.07, 6.45) is 0.893. The SMILES string of the molecule is CCC(C)N(C(C)C)S(=O)O. The molecule has 68 valence electrons. The normalized spacial score (nSPS) is 17.4. The first kappa shape index (κ1) is 11.1. The van der Waals surface area contributed by atoms with E-state index in [4.69, 9.17) is 4.55 Å². The zero-order valence-electron chi connectivity index (χ0n) is 7.57. The Hall–Kier alpha value is 0.0700. The van der Waals surface area contributed by atoms with Gasteiger partial charge in [-0.2, -0.15) is 4.31 Å². The van der Waals surface area contributed by atoms with Crippen molar-refractivity contribution in [2.75, 3.05) is 0 Å². The lowest BCUT2D eigenvalue weighted by molar-refractivity contribution is 0.275. The summed E-state index contributed by atoms with van der Waals surface area (Å²) in [4.78, 5) is 0. The lowest BCUT2D eigenvalue weighted by atomic mass is 10.2. The Kier molecular flexibility index (Phi) is 4.88. The first-order valence-electron chi connectivity index (χ1n) is 3.90. The maximum Gasteiger partial charge on any atom is 0.234 e. The molecule has 0 rings (SSSR count). The topological polar surface area (TPSA) is 40.5 Å². The molecule has 2 unspecified atom stereocenters. The summed E-state index contributed by atoms with van der Waals surface area (Å²) >= 11 is -1.83. The van der Waals surface area contributed by atoms with E-state index in [-0.39, 0.29) is 12.1 Å².